The topological polar surface area (TPSA) is 71.9 Å². The molecule has 2 aromatic carbocycles. The lowest BCUT2D eigenvalue weighted by molar-refractivity contribution is -0.137. The first-order valence-corrected chi connectivity index (χ1v) is 7.09. The zero-order valence-corrected chi connectivity index (χ0v) is 12.6. The van der Waals surface area contributed by atoms with Crippen molar-refractivity contribution in [1.82, 2.24) is 10.1 Å². The molecule has 0 unspecified atom stereocenters. The van der Waals surface area contributed by atoms with Crippen LogP contribution in [0.1, 0.15) is 17.0 Å². The van der Waals surface area contributed by atoms with Gasteiger partial charge in [-0.2, -0.15) is 23.4 Å². The van der Waals surface area contributed by atoms with Gasteiger partial charge in [0.1, 0.15) is 5.75 Å². The fourth-order valence-electron chi connectivity index (χ4n) is 2.01. The third kappa shape index (κ3) is 3.95. The molecule has 1 heterocycles. The largest absolute Gasteiger partial charge is 0.484 e. The molecular weight excluding hydrogens is 335 g/mol. The van der Waals surface area contributed by atoms with Gasteiger partial charge in [0.25, 0.3) is 5.89 Å². The summed E-state index contributed by atoms with van der Waals surface area (Å²) in [4.78, 5) is 4.08. The molecule has 0 radical (unpaired) electrons. The Morgan fingerprint density at radius 3 is 2.32 bits per heavy atom. The normalized spacial score (nSPS) is 11.1. The van der Waals surface area contributed by atoms with E-state index in [4.69, 9.17) is 14.5 Å². The van der Waals surface area contributed by atoms with Crippen molar-refractivity contribution in [3.8, 4) is 23.2 Å². The number of aromatic nitrogens is 2. The second-order valence-electron chi connectivity index (χ2n) is 5.01. The minimum atomic E-state index is -4.39. The van der Waals surface area contributed by atoms with Crippen molar-refractivity contribution in [2.45, 2.75) is 12.8 Å². The van der Waals surface area contributed by atoms with Crippen molar-refractivity contribution >= 4 is 0 Å². The summed E-state index contributed by atoms with van der Waals surface area (Å²) < 4.78 is 48.1. The van der Waals surface area contributed by atoms with E-state index in [1.807, 2.05) is 6.07 Å². The Morgan fingerprint density at radius 2 is 1.72 bits per heavy atom. The maximum absolute atomic E-state index is 12.6. The van der Waals surface area contributed by atoms with Gasteiger partial charge in [0.15, 0.2) is 6.61 Å². The molecular formula is C17H10F3N3O2. The summed E-state index contributed by atoms with van der Waals surface area (Å²) in [7, 11) is 0. The highest BCUT2D eigenvalue weighted by Crippen LogP contribution is 2.30. The van der Waals surface area contributed by atoms with Crippen LogP contribution in [-0.2, 0) is 12.8 Å². The van der Waals surface area contributed by atoms with Crippen LogP contribution in [0.2, 0.25) is 0 Å². The fraction of sp³-hybridized carbons (Fsp3) is 0.118. The maximum Gasteiger partial charge on any atom is 0.416 e. The van der Waals surface area contributed by atoms with Crippen LogP contribution in [0.3, 0.4) is 0 Å². The summed E-state index contributed by atoms with van der Waals surface area (Å²) in [6.07, 6.45) is -4.39. The highest BCUT2D eigenvalue weighted by atomic mass is 19.4. The molecule has 3 rings (SSSR count). The Balaban J connectivity index is 1.66. The van der Waals surface area contributed by atoms with Gasteiger partial charge >= 0.3 is 6.18 Å². The fourth-order valence-corrected chi connectivity index (χ4v) is 2.01. The van der Waals surface area contributed by atoms with E-state index in [1.54, 1.807) is 24.3 Å². The van der Waals surface area contributed by atoms with E-state index in [9.17, 15) is 13.2 Å². The zero-order chi connectivity index (χ0) is 17.9. The molecule has 126 valence electrons. The van der Waals surface area contributed by atoms with Crippen molar-refractivity contribution in [3.05, 3.63) is 65.5 Å². The van der Waals surface area contributed by atoms with E-state index in [0.29, 0.717) is 16.9 Å². The lowest BCUT2D eigenvalue weighted by Crippen LogP contribution is -2.04. The van der Waals surface area contributed by atoms with E-state index in [2.05, 4.69) is 10.1 Å². The van der Waals surface area contributed by atoms with Gasteiger partial charge in [-0.3, -0.25) is 0 Å². The molecule has 0 saturated carbocycles. The molecule has 0 saturated heterocycles. The predicted molar refractivity (Wildman–Crippen MR) is 80.2 cm³/mol. The first kappa shape index (κ1) is 16.5. The minimum Gasteiger partial charge on any atom is -0.484 e. The molecule has 0 aliphatic rings. The lowest BCUT2D eigenvalue weighted by Gasteiger charge is -2.05. The summed E-state index contributed by atoms with van der Waals surface area (Å²) >= 11 is 0. The van der Waals surface area contributed by atoms with Crippen molar-refractivity contribution in [3.63, 3.8) is 0 Å². The number of hydrogen-bond acceptors (Lipinski definition) is 5. The van der Waals surface area contributed by atoms with Crippen LogP contribution in [0.15, 0.2) is 53.1 Å². The summed E-state index contributed by atoms with van der Waals surface area (Å²) in [5.74, 6) is 0.875. The van der Waals surface area contributed by atoms with E-state index in [-0.39, 0.29) is 18.3 Å². The Hall–Kier alpha value is -3.34. The smallest absolute Gasteiger partial charge is 0.416 e. The number of nitrogens with zero attached hydrogens (tertiary/aromatic N) is 3. The third-order valence-electron chi connectivity index (χ3n) is 3.28. The molecule has 0 fully saturated rings. The zero-order valence-electron chi connectivity index (χ0n) is 12.6. The number of halogens is 3. The van der Waals surface area contributed by atoms with Crippen molar-refractivity contribution in [2.75, 3.05) is 0 Å². The maximum atomic E-state index is 12.6. The first-order valence-electron chi connectivity index (χ1n) is 7.09. The minimum absolute atomic E-state index is 0.000461. The van der Waals surface area contributed by atoms with E-state index >= 15 is 0 Å². The number of hydrogen-bond donors (Lipinski definition) is 0. The standard InChI is InChI=1S/C17H10F3N3O2/c18-17(19,20)13-5-3-12(4-6-13)16-22-15(25-23-16)10-24-14-7-1-11(9-21)2-8-14/h1-8H,10H2. The summed E-state index contributed by atoms with van der Waals surface area (Å²) in [5.41, 5.74) is 0.167. The quantitative estimate of drug-likeness (QED) is 0.708. The van der Waals surface area contributed by atoms with Crippen molar-refractivity contribution < 1.29 is 22.4 Å². The number of ether oxygens (including phenoxy) is 1. The molecule has 3 aromatic rings. The van der Waals surface area contributed by atoms with Gasteiger partial charge in [-0.1, -0.05) is 17.3 Å². The number of nitriles is 1. The Kier molecular flexibility index (Phi) is 4.39. The monoisotopic (exact) mass is 345 g/mol. The number of benzene rings is 2. The molecule has 1 aromatic heterocycles. The molecule has 0 aliphatic heterocycles. The molecule has 0 aliphatic carbocycles. The van der Waals surface area contributed by atoms with Crippen LogP contribution in [0.4, 0.5) is 13.2 Å². The molecule has 25 heavy (non-hydrogen) atoms. The number of alkyl halides is 3. The van der Waals surface area contributed by atoms with Gasteiger partial charge in [-0.25, -0.2) is 0 Å². The van der Waals surface area contributed by atoms with Crippen LogP contribution in [0, 0.1) is 11.3 Å². The second kappa shape index (κ2) is 6.65. The lowest BCUT2D eigenvalue weighted by atomic mass is 10.1. The molecule has 0 spiro atoms. The van der Waals surface area contributed by atoms with E-state index in [1.165, 1.54) is 12.1 Å². The highest BCUT2D eigenvalue weighted by Gasteiger charge is 2.30. The Labute approximate surface area is 140 Å². The van der Waals surface area contributed by atoms with E-state index < -0.39 is 11.7 Å². The van der Waals surface area contributed by atoms with Crippen molar-refractivity contribution in [2.24, 2.45) is 0 Å². The van der Waals surface area contributed by atoms with Gasteiger partial charge in [-0.05, 0) is 36.4 Å². The average Bonchev–Trinajstić information content (AvgIpc) is 3.09. The average molecular weight is 345 g/mol. The Bertz CT molecular complexity index is 895. The highest BCUT2D eigenvalue weighted by molar-refractivity contribution is 5.54. The molecule has 8 heteroatoms. The second-order valence-corrected chi connectivity index (χ2v) is 5.01. The van der Waals surface area contributed by atoms with Crippen LogP contribution in [-0.4, -0.2) is 10.1 Å². The van der Waals surface area contributed by atoms with Crippen LogP contribution >= 0.6 is 0 Å². The number of rotatable bonds is 4. The van der Waals surface area contributed by atoms with Gasteiger partial charge in [0.05, 0.1) is 17.2 Å². The third-order valence-corrected chi connectivity index (χ3v) is 3.28. The van der Waals surface area contributed by atoms with Gasteiger partial charge in [0.2, 0.25) is 5.82 Å². The van der Waals surface area contributed by atoms with Crippen LogP contribution in [0.5, 0.6) is 5.75 Å². The van der Waals surface area contributed by atoms with Gasteiger partial charge in [0, 0.05) is 5.56 Å². The predicted octanol–water partition coefficient (Wildman–Crippen LogP) is 4.21. The van der Waals surface area contributed by atoms with Crippen LogP contribution in [0.25, 0.3) is 11.4 Å². The summed E-state index contributed by atoms with van der Waals surface area (Å²) in [5, 5.41) is 12.5. The molecule has 0 bridgehead atoms. The molecule has 0 N–H and O–H groups in total. The van der Waals surface area contributed by atoms with Crippen molar-refractivity contribution in [1.29, 1.82) is 5.26 Å². The van der Waals surface area contributed by atoms with Gasteiger partial charge in [-0.15, -0.1) is 0 Å². The Morgan fingerprint density at radius 1 is 1.04 bits per heavy atom. The van der Waals surface area contributed by atoms with E-state index in [0.717, 1.165) is 12.1 Å². The SMILES string of the molecule is N#Cc1ccc(OCc2nc(-c3ccc(C(F)(F)F)cc3)no2)cc1. The van der Waals surface area contributed by atoms with Crippen LogP contribution < -0.4 is 4.74 Å². The molecule has 5 nitrogen and oxygen atoms in total. The summed E-state index contributed by atoms with van der Waals surface area (Å²) in [6.45, 7) is -0.000461. The molecule has 0 atom stereocenters. The first-order chi connectivity index (χ1) is 12.0. The summed E-state index contributed by atoms with van der Waals surface area (Å²) in [6, 6.07) is 12.9. The molecule has 0 amide bonds. The van der Waals surface area contributed by atoms with Gasteiger partial charge < -0.3 is 9.26 Å².